The van der Waals surface area contributed by atoms with E-state index in [1.807, 2.05) is 4.90 Å². The van der Waals surface area contributed by atoms with Crippen LogP contribution in [0.5, 0.6) is 0 Å². The third kappa shape index (κ3) is 5.57. The molecule has 1 unspecified atom stereocenters. The van der Waals surface area contributed by atoms with Crippen molar-refractivity contribution in [2.75, 3.05) is 18.8 Å². The van der Waals surface area contributed by atoms with Crippen LogP contribution >= 0.6 is 24.0 Å². The zero-order chi connectivity index (χ0) is 13.5. The second-order valence-electron chi connectivity index (χ2n) is 5.25. The molecule has 5 heteroatoms. The van der Waals surface area contributed by atoms with Gasteiger partial charge in [0.05, 0.1) is 10.2 Å². The van der Waals surface area contributed by atoms with Crippen molar-refractivity contribution in [3.63, 3.8) is 0 Å². The van der Waals surface area contributed by atoms with E-state index in [0.29, 0.717) is 23.9 Å². The molecule has 0 aromatic carbocycles. The summed E-state index contributed by atoms with van der Waals surface area (Å²) in [6.45, 7) is 5.74. The third-order valence-corrected chi connectivity index (χ3v) is 4.55. The summed E-state index contributed by atoms with van der Waals surface area (Å²) in [7, 11) is 0. The van der Waals surface area contributed by atoms with E-state index >= 15 is 0 Å². The maximum atomic E-state index is 12.5. The van der Waals surface area contributed by atoms with Crippen molar-refractivity contribution in [2.45, 2.75) is 44.8 Å². The van der Waals surface area contributed by atoms with Crippen LogP contribution in [0, 0.1) is 5.92 Å². The van der Waals surface area contributed by atoms with Crippen molar-refractivity contribution in [1.29, 1.82) is 0 Å². The predicted octanol–water partition coefficient (Wildman–Crippen LogP) is 2.43. The van der Waals surface area contributed by atoms with Crippen molar-refractivity contribution in [1.82, 2.24) is 4.90 Å². The van der Waals surface area contributed by atoms with Crippen LogP contribution in [0.1, 0.15) is 39.5 Å². The Morgan fingerprint density at radius 1 is 1.50 bits per heavy atom. The van der Waals surface area contributed by atoms with Gasteiger partial charge in [-0.1, -0.05) is 32.5 Å². The highest BCUT2D eigenvalue weighted by Gasteiger charge is 2.26. The van der Waals surface area contributed by atoms with Gasteiger partial charge in [-0.25, -0.2) is 0 Å². The van der Waals surface area contributed by atoms with E-state index in [2.05, 4.69) is 13.8 Å². The normalized spacial score (nSPS) is 19.8. The molecule has 1 saturated heterocycles. The van der Waals surface area contributed by atoms with Crippen molar-refractivity contribution < 1.29 is 4.79 Å². The highest BCUT2D eigenvalue weighted by atomic mass is 32.2. The Labute approximate surface area is 120 Å². The van der Waals surface area contributed by atoms with E-state index in [-0.39, 0.29) is 11.2 Å². The molecule has 0 saturated carbocycles. The topological polar surface area (TPSA) is 46.3 Å². The van der Waals surface area contributed by atoms with Crippen LogP contribution in [-0.4, -0.2) is 39.9 Å². The van der Waals surface area contributed by atoms with E-state index in [1.54, 1.807) is 11.8 Å². The molecule has 0 aromatic heterocycles. The van der Waals surface area contributed by atoms with E-state index in [1.165, 1.54) is 12.8 Å². The number of hydrogen-bond donors (Lipinski definition) is 1. The van der Waals surface area contributed by atoms with E-state index in [4.69, 9.17) is 18.0 Å². The van der Waals surface area contributed by atoms with Crippen molar-refractivity contribution in [2.24, 2.45) is 11.7 Å². The highest BCUT2D eigenvalue weighted by Crippen LogP contribution is 2.26. The molecule has 0 aliphatic carbocycles. The maximum absolute atomic E-state index is 12.5. The van der Waals surface area contributed by atoms with Gasteiger partial charge >= 0.3 is 0 Å². The van der Waals surface area contributed by atoms with Gasteiger partial charge < -0.3 is 10.6 Å². The Morgan fingerprint density at radius 3 is 2.72 bits per heavy atom. The third-order valence-electron chi connectivity index (χ3n) is 2.98. The summed E-state index contributed by atoms with van der Waals surface area (Å²) >= 11 is 6.71. The molecule has 104 valence electrons. The smallest absolute Gasteiger partial charge is 0.235 e. The molecular formula is C13H24N2OS2. The Hall–Kier alpha value is -0.290. The fourth-order valence-corrected chi connectivity index (χ4v) is 3.49. The second kappa shape index (κ2) is 8.00. The van der Waals surface area contributed by atoms with Gasteiger partial charge in [-0.05, 0) is 24.5 Å². The first-order valence-corrected chi connectivity index (χ1v) is 8.15. The molecule has 0 spiro atoms. The lowest BCUT2D eigenvalue weighted by molar-refractivity contribution is -0.131. The summed E-state index contributed by atoms with van der Waals surface area (Å²) in [5.74, 6) is 1.87. The van der Waals surface area contributed by atoms with Gasteiger partial charge in [0.2, 0.25) is 5.91 Å². The number of carbonyl (C=O) groups excluding carboxylic acids is 1. The van der Waals surface area contributed by atoms with Gasteiger partial charge in [0.15, 0.2) is 0 Å². The van der Waals surface area contributed by atoms with Crippen LogP contribution in [0.2, 0.25) is 0 Å². The zero-order valence-electron chi connectivity index (χ0n) is 11.4. The van der Waals surface area contributed by atoms with E-state index < -0.39 is 0 Å². The first-order chi connectivity index (χ1) is 8.50. The zero-order valence-corrected chi connectivity index (χ0v) is 13.0. The summed E-state index contributed by atoms with van der Waals surface area (Å²) in [6.07, 6.45) is 4.07. The van der Waals surface area contributed by atoms with Crippen LogP contribution in [-0.2, 0) is 4.79 Å². The van der Waals surface area contributed by atoms with Crippen LogP contribution < -0.4 is 5.73 Å². The molecule has 0 aromatic rings. The average Bonchev–Trinajstić information content (AvgIpc) is 2.34. The fraction of sp³-hybridized carbons (Fsp3) is 0.846. The van der Waals surface area contributed by atoms with E-state index in [0.717, 1.165) is 18.7 Å². The van der Waals surface area contributed by atoms with Gasteiger partial charge in [0.1, 0.15) is 0 Å². The van der Waals surface area contributed by atoms with Gasteiger partial charge in [-0.3, -0.25) is 4.79 Å². The van der Waals surface area contributed by atoms with Gasteiger partial charge in [0, 0.05) is 19.5 Å². The van der Waals surface area contributed by atoms with Gasteiger partial charge in [0.25, 0.3) is 0 Å². The van der Waals surface area contributed by atoms with E-state index in [9.17, 15) is 4.79 Å². The molecule has 18 heavy (non-hydrogen) atoms. The fourth-order valence-electron chi connectivity index (χ4n) is 2.12. The molecule has 1 fully saturated rings. The minimum absolute atomic E-state index is 0.156. The summed E-state index contributed by atoms with van der Waals surface area (Å²) < 4.78 is 0. The number of nitrogens with zero attached hydrogens (tertiary/aromatic N) is 1. The lowest BCUT2D eigenvalue weighted by atomic mass is 10.1. The molecule has 0 radical (unpaired) electrons. The summed E-state index contributed by atoms with van der Waals surface area (Å²) in [5.41, 5.74) is 5.54. The lowest BCUT2D eigenvalue weighted by Gasteiger charge is -2.30. The maximum Gasteiger partial charge on any atom is 0.235 e. The molecule has 1 amide bonds. The SMILES string of the molecule is CC(C)CN(CCC(N)=S)C(=O)C1CCCCS1. The highest BCUT2D eigenvalue weighted by molar-refractivity contribution is 8.00. The number of thioether (sulfide) groups is 1. The van der Waals surface area contributed by atoms with Crippen molar-refractivity contribution in [3.05, 3.63) is 0 Å². The second-order valence-corrected chi connectivity index (χ2v) is 7.08. The molecule has 1 atom stereocenters. The number of carbonyl (C=O) groups is 1. The van der Waals surface area contributed by atoms with Crippen molar-refractivity contribution >= 4 is 34.9 Å². The van der Waals surface area contributed by atoms with Crippen LogP contribution in [0.15, 0.2) is 0 Å². The van der Waals surface area contributed by atoms with Crippen LogP contribution in [0.4, 0.5) is 0 Å². The van der Waals surface area contributed by atoms with Crippen LogP contribution in [0.3, 0.4) is 0 Å². The molecule has 1 rings (SSSR count). The number of nitrogens with two attached hydrogens (primary N) is 1. The summed E-state index contributed by atoms with van der Waals surface area (Å²) in [6, 6.07) is 0. The molecule has 1 heterocycles. The van der Waals surface area contributed by atoms with Gasteiger partial charge in [-0.15, -0.1) is 11.8 Å². The molecule has 2 N–H and O–H groups in total. The quantitative estimate of drug-likeness (QED) is 0.763. The minimum atomic E-state index is 0.156. The predicted molar refractivity (Wildman–Crippen MR) is 82.9 cm³/mol. The Balaban J connectivity index is 2.55. The first-order valence-electron chi connectivity index (χ1n) is 6.69. The van der Waals surface area contributed by atoms with Crippen molar-refractivity contribution in [3.8, 4) is 0 Å². The Morgan fingerprint density at radius 2 is 2.22 bits per heavy atom. The number of rotatable bonds is 6. The number of hydrogen-bond acceptors (Lipinski definition) is 3. The van der Waals surface area contributed by atoms with Crippen LogP contribution in [0.25, 0.3) is 0 Å². The molecule has 0 bridgehead atoms. The Bertz CT molecular complexity index is 289. The summed E-state index contributed by atoms with van der Waals surface area (Å²) in [4.78, 5) is 14.9. The Kier molecular flexibility index (Phi) is 7.00. The molecule has 1 aliphatic rings. The largest absolute Gasteiger partial charge is 0.393 e. The minimum Gasteiger partial charge on any atom is -0.393 e. The molecule has 1 aliphatic heterocycles. The molecule has 3 nitrogen and oxygen atoms in total. The molecular weight excluding hydrogens is 264 g/mol. The summed E-state index contributed by atoms with van der Waals surface area (Å²) in [5, 5.41) is 0.156. The first kappa shape index (κ1) is 15.8. The number of amides is 1. The lowest BCUT2D eigenvalue weighted by Crippen LogP contribution is -2.42. The average molecular weight is 288 g/mol. The standard InChI is InChI=1S/C13H24N2OS2/c1-10(2)9-15(7-6-12(14)17)13(16)11-5-3-4-8-18-11/h10-11H,3-9H2,1-2H3,(H2,14,17). The monoisotopic (exact) mass is 288 g/mol. The van der Waals surface area contributed by atoms with Gasteiger partial charge in [-0.2, -0.15) is 0 Å². The number of thiocarbonyl (C=S) groups is 1.